The summed E-state index contributed by atoms with van der Waals surface area (Å²) < 4.78 is 58.3. The number of aryl methyl sites for hydroxylation is 1. The predicted octanol–water partition coefficient (Wildman–Crippen LogP) is 4.65. The number of nitrogens with one attached hydrogen (secondary N) is 1. The number of carbonyl (C=O) groups excluding carboxylic acids is 1. The van der Waals surface area contributed by atoms with E-state index in [9.17, 15) is 17.6 Å². The van der Waals surface area contributed by atoms with Crippen molar-refractivity contribution < 1.29 is 34.7 Å². The van der Waals surface area contributed by atoms with Gasteiger partial charge in [0.15, 0.2) is 5.03 Å². The molecule has 0 aliphatic heterocycles. The summed E-state index contributed by atoms with van der Waals surface area (Å²) in [5, 5.41) is -0.294. The second-order valence-corrected chi connectivity index (χ2v) is 10.2. The summed E-state index contributed by atoms with van der Waals surface area (Å²) >= 11 is 0. The lowest BCUT2D eigenvalue weighted by Gasteiger charge is -2.14. The van der Waals surface area contributed by atoms with Crippen LogP contribution >= 0.6 is 0 Å². The van der Waals surface area contributed by atoms with Crippen molar-refractivity contribution in [2.24, 2.45) is 5.92 Å². The van der Waals surface area contributed by atoms with Crippen LogP contribution in [0.1, 0.15) is 39.7 Å². The summed E-state index contributed by atoms with van der Waals surface area (Å²) in [6.07, 6.45) is 0. The third kappa shape index (κ3) is 7.96. The van der Waals surface area contributed by atoms with Gasteiger partial charge in [-0.25, -0.2) is 19.1 Å². The number of pyridine rings is 2. The molecular formula is C26H34FN3O6S. The fourth-order valence-corrected chi connectivity index (χ4v) is 4.16. The number of hydrogen-bond donors (Lipinski definition) is 1. The van der Waals surface area contributed by atoms with Crippen LogP contribution in [0.15, 0.2) is 53.6 Å². The fraction of sp³-hybridized carbons (Fsp3) is 0.346. The van der Waals surface area contributed by atoms with Crippen LogP contribution < -0.4 is 14.2 Å². The second-order valence-electron chi connectivity index (χ2n) is 8.53. The lowest BCUT2D eigenvalue weighted by atomic mass is 10.1. The number of amides is 1. The lowest BCUT2D eigenvalue weighted by Crippen LogP contribution is -2.32. The third-order valence-electron chi connectivity index (χ3n) is 4.89. The molecular weight excluding hydrogens is 501 g/mol. The average Bonchev–Trinajstić information content (AvgIpc) is 2.84. The number of nitrogens with zero attached hydrogens (tertiary/aromatic N) is 2. The minimum absolute atomic E-state index is 0. The topological polar surface area (TPSA) is 117 Å². The summed E-state index contributed by atoms with van der Waals surface area (Å²) in [6.45, 7) is 8.58. The van der Waals surface area contributed by atoms with Gasteiger partial charge in [0.2, 0.25) is 5.88 Å². The van der Waals surface area contributed by atoms with Gasteiger partial charge in [0.1, 0.15) is 23.7 Å². The molecule has 3 aromatic rings. The van der Waals surface area contributed by atoms with E-state index < -0.39 is 21.7 Å². The van der Waals surface area contributed by atoms with E-state index in [1.807, 2.05) is 25.5 Å². The van der Waals surface area contributed by atoms with Crippen LogP contribution in [0.25, 0.3) is 11.3 Å². The Hall–Kier alpha value is -3.57. The van der Waals surface area contributed by atoms with E-state index in [-0.39, 0.29) is 38.5 Å². The highest BCUT2D eigenvalue weighted by Gasteiger charge is 2.24. The highest BCUT2D eigenvalue weighted by molar-refractivity contribution is 7.90. The smallest absolute Gasteiger partial charge is 0.281 e. The monoisotopic (exact) mass is 535 g/mol. The Bertz CT molecular complexity index is 1360. The van der Waals surface area contributed by atoms with Crippen LogP contribution in [0.5, 0.6) is 11.6 Å². The van der Waals surface area contributed by atoms with Gasteiger partial charge >= 0.3 is 0 Å². The van der Waals surface area contributed by atoms with Gasteiger partial charge in [-0.3, -0.25) is 4.79 Å². The second kappa shape index (κ2) is 12.6. The Morgan fingerprint density at radius 2 is 1.86 bits per heavy atom. The minimum atomic E-state index is -4.25. The van der Waals surface area contributed by atoms with E-state index in [1.165, 1.54) is 36.4 Å². The first kappa shape index (κ1) is 28.0. The first-order valence-corrected chi connectivity index (χ1v) is 13.2. The molecule has 2 aromatic heterocycles. The molecule has 0 aliphatic carbocycles. The number of sulfonamides is 1. The number of carbonyl (C=O) groups is 1. The maximum atomic E-state index is 14.3. The molecule has 2 heterocycles. The molecule has 0 spiro atoms. The quantitative estimate of drug-likeness (QED) is 0.333. The number of benzene rings is 1. The fourth-order valence-electron chi connectivity index (χ4n) is 3.18. The number of hydrogen-bond acceptors (Lipinski definition) is 8. The molecule has 0 radical (unpaired) electrons. The van der Waals surface area contributed by atoms with Gasteiger partial charge in [-0.1, -0.05) is 19.9 Å². The molecule has 1 N–H and O–H groups in total. The van der Waals surface area contributed by atoms with Crippen molar-refractivity contribution in [3.8, 4) is 22.9 Å². The van der Waals surface area contributed by atoms with Crippen molar-refractivity contribution in [1.29, 1.82) is 0 Å². The van der Waals surface area contributed by atoms with E-state index in [1.54, 1.807) is 19.1 Å². The summed E-state index contributed by atoms with van der Waals surface area (Å²) in [4.78, 5) is 21.3. The maximum absolute atomic E-state index is 14.3. The van der Waals surface area contributed by atoms with Crippen molar-refractivity contribution >= 4 is 15.9 Å². The van der Waals surface area contributed by atoms with Gasteiger partial charge in [-0.15, -0.1) is 0 Å². The van der Waals surface area contributed by atoms with Gasteiger partial charge in [-0.05, 0) is 56.2 Å². The van der Waals surface area contributed by atoms with Crippen molar-refractivity contribution in [3.05, 3.63) is 65.6 Å². The molecule has 1 amide bonds. The van der Waals surface area contributed by atoms with Crippen LogP contribution in [-0.4, -0.2) is 50.7 Å². The predicted molar refractivity (Wildman–Crippen MR) is 140 cm³/mol. The van der Waals surface area contributed by atoms with Crippen LogP contribution in [0, 0.1) is 18.7 Å². The Labute approximate surface area is 219 Å². The van der Waals surface area contributed by atoms with Crippen LogP contribution in [-0.2, 0) is 14.8 Å². The standard InChI is InChI=1S/C26H30FN3O6S.2H2/c1-5-34-11-12-35-26-22(25(31)30-37(32,33)24-8-6-7-18(4)28-24)9-10-23(29-26)19-13-20(27)15-21(14-19)36-16-17(2)3;;/h6-10,13-15,17H,5,11-12,16H2,1-4H3,(H,30,31);2*1H. The zero-order valence-electron chi connectivity index (χ0n) is 21.2. The van der Waals surface area contributed by atoms with Gasteiger partial charge < -0.3 is 14.2 Å². The van der Waals surface area contributed by atoms with E-state index in [2.05, 4.69) is 9.97 Å². The van der Waals surface area contributed by atoms with Crippen LogP contribution in [0.3, 0.4) is 0 Å². The zero-order valence-corrected chi connectivity index (χ0v) is 22.0. The van der Waals surface area contributed by atoms with Crippen molar-refractivity contribution in [1.82, 2.24) is 14.7 Å². The molecule has 1 aromatic carbocycles. The van der Waals surface area contributed by atoms with Crippen molar-refractivity contribution in [2.45, 2.75) is 32.7 Å². The van der Waals surface area contributed by atoms with Gasteiger partial charge in [0.25, 0.3) is 15.9 Å². The molecule has 202 valence electrons. The van der Waals surface area contributed by atoms with Gasteiger partial charge in [0.05, 0.1) is 18.9 Å². The molecule has 0 bridgehead atoms. The molecule has 3 rings (SSSR count). The lowest BCUT2D eigenvalue weighted by molar-refractivity contribution is 0.0957. The number of halogens is 1. The number of aromatic nitrogens is 2. The molecule has 9 nitrogen and oxygen atoms in total. The molecule has 0 saturated heterocycles. The summed E-state index contributed by atoms with van der Waals surface area (Å²) in [7, 11) is -4.25. The van der Waals surface area contributed by atoms with Crippen molar-refractivity contribution in [3.63, 3.8) is 0 Å². The summed E-state index contributed by atoms with van der Waals surface area (Å²) in [5.41, 5.74) is 1.06. The zero-order chi connectivity index (χ0) is 27.0. The first-order chi connectivity index (χ1) is 17.6. The summed E-state index contributed by atoms with van der Waals surface area (Å²) in [6, 6.07) is 11.5. The SMILES string of the molecule is CCOCCOc1nc(-c2cc(F)cc(OCC(C)C)c2)ccc1C(=O)NS(=O)(=O)c1cccc(C)n1.[HH].[HH]. The number of rotatable bonds is 12. The molecule has 0 saturated carbocycles. The minimum Gasteiger partial charge on any atom is -0.493 e. The Morgan fingerprint density at radius 1 is 1.08 bits per heavy atom. The average molecular weight is 536 g/mol. The molecule has 0 unspecified atom stereocenters. The molecule has 0 atom stereocenters. The molecule has 0 fully saturated rings. The van der Waals surface area contributed by atoms with Gasteiger partial charge in [0, 0.05) is 26.8 Å². The Balaban J connectivity index is 0.00000380. The maximum Gasteiger partial charge on any atom is 0.281 e. The normalized spacial score (nSPS) is 11.4. The first-order valence-electron chi connectivity index (χ1n) is 11.7. The third-order valence-corrected chi connectivity index (χ3v) is 6.12. The van der Waals surface area contributed by atoms with E-state index >= 15 is 0 Å². The van der Waals surface area contributed by atoms with Crippen LogP contribution in [0.2, 0.25) is 0 Å². The van der Waals surface area contributed by atoms with Gasteiger partial charge in [-0.2, -0.15) is 8.42 Å². The molecule has 0 aliphatic rings. The largest absolute Gasteiger partial charge is 0.493 e. The van der Waals surface area contributed by atoms with E-state index in [0.717, 1.165) is 0 Å². The molecule has 11 heteroatoms. The summed E-state index contributed by atoms with van der Waals surface area (Å²) in [5.74, 6) is -1.01. The van der Waals surface area contributed by atoms with Crippen LogP contribution in [0.4, 0.5) is 4.39 Å². The molecule has 37 heavy (non-hydrogen) atoms. The Morgan fingerprint density at radius 3 is 2.57 bits per heavy atom. The van der Waals surface area contributed by atoms with Crippen molar-refractivity contribution in [2.75, 3.05) is 26.4 Å². The number of ether oxygens (including phenoxy) is 3. The highest BCUT2D eigenvalue weighted by atomic mass is 32.2. The van der Waals surface area contributed by atoms with E-state index in [4.69, 9.17) is 14.2 Å². The Kier molecular flexibility index (Phi) is 9.54. The highest BCUT2D eigenvalue weighted by Crippen LogP contribution is 2.28. The van der Waals surface area contributed by atoms with E-state index in [0.29, 0.717) is 35.9 Å².